The van der Waals surface area contributed by atoms with Crippen molar-refractivity contribution in [3.8, 4) is 0 Å². The third-order valence-corrected chi connectivity index (χ3v) is 13.1. The second-order valence-corrected chi connectivity index (χ2v) is 15.5. The fraction of sp³-hybridized carbons (Fsp3) is 0.594. The summed E-state index contributed by atoms with van der Waals surface area (Å²) in [4.78, 5) is 38.1. The molecular weight excluding hydrogens is 631 g/mol. The van der Waals surface area contributed by atoms with Crippen molar-refractivity contribution in [1.82, 2.24) is 0 Å². The number of allylic oxidation sites excluding steroid dienone is 4. The molecule has 1 aromatic carbocycles. The van der Waals surface area contributed by atoms with Crippen LogP contribution in [0.1, 0.15) is 65.7 Å². The first-order chi connectivity index (χ1) is 20.6. The van der Waals surface area contributed by atoms with Crippen LogP contribution in [-0.2, 0) is 33.4 Å². The highest BCUT2D eigenvalue weighted by Gasteiger charge is 2.74. The highest BCUT2D eigenvalue weighted by molar-refractivity contribution is 7.86. The van der Waals surface area contributed by atoms with Gasteiger partial charge in [0.2, 0.25) is 5.78 Å². The largest absolute Gasteiger partial charge is 0.509 e. The Labute approximate surface area is 268 Å². The van der Waals surface area contributed by atoms with Crippen LogP contribution in [0.2, 0.25) is 5.02 Å². The van der Waals surface area contributed by atoms with Gasteiger partial charge in [0.25, 0.3) is 10.1 Å². The van der Waals surface area contributed by atoms with E-state index in [0.29, 0.717) is 30.7 Å². The molecule has 9 nitrogen and oxygen atoms in total. The van der Waals surface area contributed by atoms with Crippen LogP contribution in [0.3, 0.4) is 0 Å². The van der Waals surface area contributed by atoms with Gasteiger partial charge in [-0.1, -0.05) is 50.4 Å². The molecule has 4 aliphatic rings. The second kappa shape index (κ2) is 11.8. The van der Waals surface area contributed by atoms with Gasteiger partial charge in [0, 0.05) is 15.9 Å². The first-order valence-corrected chi connectivity index (χ1v) is 17.2. The van der Waals surface area contributed by atoms with E-state index in [4.69, 9.17) is 36.9 Å². The molecule has 0 heterocycles. The minimum Gasteiger partial charge on any atom is -0.434 e. The van der Waals surface area contributed by atoms with Gasteiger partial charge < -0.3 is 14.6 Å². The molecular formula is C32H38Cl2O9S. The van der Waals surface area contributed by atoms with E-state index in [2.05, 4.69) is 0 Å². The molecule has 0 amide bonds. The molecule has 3 saturated carbocycles. The number of fused-ring (bicyclic) bond motifs is 5. The standard InChI is InChI=1S/C32H38Cl2O9S/c1-4-5-16-41-28(38)43-31(27(37)19-42-44(39,40)23-9-7-21(33)8-10-23)15-13-24-25-11-6-20-17-22(35)12-14-29(20,2)32(25,34)26(36)18-30(24,31)3/h7-10,12,14,17,24-26,36H,4-6,11,13,15-16,18-19H2,1-3H3/t24-,25-,26?,29-,30-,31-,32-/m0/s1. The van der Waals surface area contributed by atoms with Crippen molar-refractivity contribution in [3.05, 3.63) is 53.1 Å². The van der Waals surface area contributed by atoms with E-state index in [1.165, 1.54) is 30.3 Å². The molecule has 44 heavy (non-hydrogen) atoms. The van der Waals surface area contributed by atoms with Crippen molar-refractivity contribution in [3.63, 3.8) is 0 Å². The summed E-state index contributed by atoms with van der Waals surface area (Å²) < 4.78 is 42.4. The Hall–Kier alpha value is -2.24. The number of carbonyl (C=O) groups is 3. The normalized spacial score (nSPS) is 36.1. The van der Waals surface area contributed by atoms with Gasteiger partial charge in [-0.25, -0.2) is 4.79 Å². The minimum absolute atomic E-state index is 0.0137. The fourth-order valence-corrected chi connectivity index (χ4v) is 9.79. The maximum atomic E-state index is 14.2. The molecule has 1 N–H and O–H groups in total. The third kappa shape index (κ3) is 5.14. The van der Waals surface area contributed by atoms with Gasteiger partial charge in [-0.15, -0.1) is 11.6 Å². The maximum Gasteiger partial charge on any atom is 0.509 e. The number of ether oxygens (including phenoxy) is 2. The van der Waals surface area contributed by atoms with E-state index in [0.717, 1.165) is 12.0 Å². The molecule has 1 aromatic rings. The molecule has 0 radical (unpaired) electrons. The summed E-state index contributed by atoms with van der Waals surface area (Å²) in [7, 11) is -4.35. The number of unbranched alkanes of at least 4 members (excludes halogenated alkanes) is 1. The summed E-state index contributed by atoms with van der Waals surface area (Å²) in [5.74, 6) is -1.47. The Morgan fingerprint density at radius 1 is 1.11 bits per heavy atom. The van der Waals surface area contributed by atoms with Crippen LogP contribution in [-0.4, -0.2) is 61.0 Å². The van der Waals surface area contributed by atoms with E-state index in [-0.39, 0.29) is 42.0 Å². The summed E-state index contributed by atoms with van der Waals surface area (Å²) in [5.41, 5.74) is -2.92. The Morgan fingerprint density at radius 2 is 1.82 bits per heavy atom. The molecule has 240 valence electrons. The summed E-state index contributed by atoms with van der Waals surface area (Å²) in [6.07, 6.45) is 5.64. The van der Waals surface area contributed by atoms with Gasteiger partial charge in [0.1, 0.15) is 6.61 Å². The number of Topliss-reactive ketones (excluding diaryl/α,β-unsaturated/α-hetero) is 1. The van der Waals surface area contributed by atoms with Gasteiger partial charge in [0.05, 0.1) is 22.5 Å². The average molecular weight is 670 g/mol. The van der Waals surface area contributed by atoms with E-state index < -0.39 is 56.1 Å². The van der Waals surface area contributed by atoms with E-state index in [1.54, 1.807) is 19.1 Å². The van der Waals surface area contributed by atoms with Crippen LogP contribution < -0.4 is 0 Å². The van der Waals surface area contributed by atoms with Crippen LogP contribution in [0.15, 0.2) is 53.0 Å². The maximum absolute atomic E-state index is 14.2. The van der Waals surface area contributed by atoms with Crippen molar-refractivity contribution in [2.45, 2.75) is 87.2 Å². The van der Waals surface area contributed by atoms with Gasteiger partial charge in [0.15, 0.2) is 11.4 Å². The van der Waals surface area contributed by atoms with Crippen molar-refractivity contribution >= 4 is 51.0 Å². The zero-order chi connectivity index (χ0) is 32.1. The van der Waals surface area contributed by atoms with Crippen LogP contribution in [0.25, 0.3) is 0 Å². The Kier molecular flexibility index (Phi) is 8.92. The van der Waals surface area contributed by atoms with Gasteiger partial charge in [-0.2, -0.15) is 8.42 Å². The average Bonchev–Trinajstić information content (AvgIpc) is 3.25. The monoisotopic (exact) mass is 668 g/mol. The zero-order valence-electron chi connectivity index (χ0n) is 25.0. The number of halogens is 2. The SMILES string of the molecule is CCCCOC(=O)O[C@]1(C(=O)COS(=O)(=O)c2ccc(Cl)cc2)CC[C@H]2[C@@H]3CCC4=CC(=O)C=C[C@]4(C)[C@@]3(Cl)C(O)C[C@@]21C. The predicted octanol–water partition coefficient (Wildman–Crippen LogP) is 5.95. The number of hydrogen-bond acceptors (Lipinski definition) is 9. The molecule has 0 bridgehead atoms. The van der Waals surface area contributed by atoms with Crippen LogP contribution in [0, 0.1) is 22.7 Å². The van der Waals surface area contributed by atoms with Gasteiger partial charge in [-0.3, -0.25) is 13.8 Å². The van der Waals surface area contributed by atoms with Crippen molar-refractivity contribution < 1.29 is 41.6 Å². The van der Waals surface area contributed by atoms with E-state index in [9.17, 15) is 27.9 Å². The molecule has 4 aliphatic carbocycles. The first-order valence-electron chi connectivity index (χ1n) is 15.0. The van der Waals surface area contributed by atoms with Crippen molar-refractivity contribution in [1.29, 1.82) is 0 Å². The summed E-state index contributed by atoms with van der Waals surface area (Å²) in [5, 5.41) is 12.2. The highest BCUT2D eigenvalue weighted by Crippen LogP contribution is 2.71. The van der Waals surface area contributed by atoms with E-state index >= 15 is 0 Å². The summed E-state index contributed by atoms with van der Waals surface area (Å²) in [6, 6.07) is 5.32. The van der Waals surface area contributed by atoms with E-state index in [1.807, 2.05) is 13.8 Å². The number of benzene rings is 1. The number of ketones is 2. The topological polar surface area (TPSA) is 133 Å². The third-order valence-electron chi connectivity index (χ3n) is 10.6. The Bertz CT molecular complexity index is 1510. The second-order valence-electron chi connectivity index (χ2n) is 12.8. The lowest BCUT2D eigenvalue weighted by atomic mass is 9.45. The molecule has 3 fully saturated rings. The molecule has 5 rings (SSSR count). The summed E-state index contributed by atoms with van der Waals surface area (Å²) >= 11 is 13.4. The minimum atomic E-state index is -4.35. The molecule has 0 aromatic heterocycles. The number of alkyl halides is 1. The smallest absolute Gasteiger partial charge is 0.434 e. The first kappa shape index (κ1) is 33.1. The predicted molar refractivity (Wildman–Crippen MR) is 163 cm³/mol. The zero-order valence-corrected chi connectivity index (χ0v) is 27.3. The lowest BCUT2D eigenvalue weighted by Crippen LogP contribution is -2.69. The van der Waals surface area contributed by atoms with Gasteiger partial charge >= 0.3 is 6.16 Å². The number of aliphatic hydroxyl groups is 1. The molecule has 0 aliphatic heterocycles. The highest BCUT2D eigenvalue weighted by atomic mass is 35.5. The molecule has 12 heteroatoms. The van der Waals surface area contributed by atoms with Crippen molar-refractivity contribution in [2.24, 2.45) is 22.7 Å². The number of rotatable bonds is 9. The van der Waals surface area contributed by atoms with Crippen LogP contribution in [0.5, 0.6) is 0 Å². The number of hydrogen-bond donors (Lipinski definition) is 1. The number of carbonyl (C=O) groups excluding carboxylic acids is 3. The van der Waals surface area contributed by atoms with Crippen molar-refractivity contribution in [2.75, 3.05) is 13.2 Å². The lowest BCUT2D eigenvalue weighted by molar-refractivity contribution is -0.178. The Balaban J connectivity index is 1.49. The molecule has 0 saturated heterocycles. The molecule has 0 spiro atoms. The molecule has 7 atom stereocenters. The molecule has 1 unspecified atom stereocenters. The number of aliphatic hydroxyl groups excluding tert-OH is 1. The van der Waals surface area contributed by atoms with Crippen LogP contribution in [0.4, 0.5) is 4.79 Å². The summed E-state index contributed by atoms with van der Waals surface area (Å²) in [6.45, 7) is 4.86. The quantitative estimate of drug-likeness (QED) is 0.147. The van der Waals surface area contributed by atoms with Crippen LogP contribution >= 0.6 is 23.2 Å². The fourth-order valence-electron chi connectivity index (χ4n) is 8.27. The Morgan fingerprint density at radius 3 is 2.50 bits per heavy atom. The van der Waals surface area contributed by atoms with Gasteiger partial charge in [-0.05, 0) is 86.8 Å². The lowest BCUT2D eigenvalue weighted by Gasteiger charge is -2.64.